The van der Waals surface area contributed by atoms with E-state index in [4.69, 9.17) is 6.42 Å². The molecule has 2 aromatic rings. The predicted molar refractivity (Wildman–Crippen MR) is 79.0 cm³/mol. The van der Waals surface area contributed by atoms with Gasteiger partial charge in [-0.05, 0) is 31.4 Å². The molecule has 0 bridgehead atoms. The van der Waals surface area contributed by atoms with E-state index in [9.17, 15) is 4.79 Å². The van der Waals surface area contributed by atoms with Crippen molar-refractivity contribution in [3.8, 4) is 12.3 Å². The molecule has 1 amide bonds. The fourth-order valence-corrected chi connectivity index (χ4v) is 2.84. The van der Waals surface area contributed by atoms with Crippen LogP contribution in [0.4, 0.5) is 0 Å². The second kappa shape index (κ2) is 6.91. The molecule has 0 aliphatic carbocycles. The molecule has 0 spiro atoms. The molecule has 0 saturated carbocycles. The predicted octanol–water partition coefficient (Wildman–Crippen LogP) is 2.76. The van der Waals surface area contributed by atoms with Gasteiger partial charge >= 0.3 is 0 Å². The van der Waals surface area contributed by atoms with E-state index in [0.717, 1.165) is 29.8 Å². The molecule has 0 aliphatic heterocycles. The van der Waals surface area contributed by atoms with Crippen LogP contribution < -0.4 is 5.32 Å². The number of fused-ring (bicyclic) bond motifs is 1. The number of hydrogen-bond acceptors (Lipinski definition) is 3. The van der Waals surface area contributed by atoms with Crippen LogP contribution in [0.5, 0.6) is 0 Å². The van der Waals surface area contributed by atoms with Crippen LogP contribution in [-0.4, -0.2) is 17.4 Å². The molecule has 1 N–H and O–H groups in total. The van der Waals surface area contributed by atoms with Crippen molar-refractivity contribution in [1.82, 2.24) is 10.3 Å². The van der Waals surface area contributed by atoms with Crippen LogP contribution in [0.25, 0.3) is 10.2 Å². The SMILES string of the molecule is C#CCNC(=O)CCCCc1nc2ccccc2s1. The minimum absolute atomic E-state index is 0.0299. The van der Waals surface area contributed by atoms with Crippen molar-refractivity contribution >= 4 is 27.5 Å². The molecule has 0 radical (unpaired) electrons. The van der Waals surface area contributed by atoms with Crippen LogP contribution in [0.2, 0.25) is 0 Å². The lowest BCUT2D eigenvalue weighted by Crippen LogP contribution is -2.22. The molecular weight excluding hydrogens is 256 g/mol. The molecule has 19 heavy (non-hydrogen) atoms. The number of nitrogens with zero attached hydrogens (tertiary/aromatic N) is 1. The number of aromatic nitrogens is 1. The summed E-state index contributed by atoms with van der Waals surface area (Å²) >= 11 is 1.73. The summed E-state index contributed by atoms with van der Waals surface area (Å²) < 4.78 is 1.23. The number of carbonyl (C=O) groups excluding carboxylic acids is 1. The number of carbonyl (C=O) groups is 1. The van der Waals surface area contributed by atoms with Crippen LogP contribution in [0.3, 0.4) is 0 Å². The van der Waals surface area contributed by atoms with Crippen molar-refractivity contribution in [2.45, 2.75) is 25.7 Å². The monoisotopic (exact) mass is 272 g/mol. The number of unbranched alkanes of at least 4 members (excludes halogenated alkanes) is 1. The van der Waals surface area contributed by atoms with Gasteiger partial charge in [-0.1, -0.05) is 18.1 Å². The molecule has 2 rings (SSSR count). The second-order valence-electron chi connectivity index (χ2n) is 4.26. The number of nitrogens with one attached hydrogen (secondary N) is 1. The number of rotatable bonds is 6. The smallest absolute Gasteiger partial charge is 0.220 e. The largest absolute Gasteiger partial charge is 0.345 e. The summed E-state index contributed by atoms with van der Waals surface area (Å²) in [7, 11) is 0. The summed E-state index contributed by atoms with van der Waals surface area (Å²) in [4.78, 5) is 15.9. The zero-order chi connectivity index (χ0) is 13.5. The molecule has 0 unspecified atom stereocenters. The van der Waals surface area contributed by atoms with Crippen LogP contribution in [0, 0.1) is 12.3 Å². The van der Waals surface area contributed by atoms with E-state index in [1.165, 1.54) is 4.70 Å². The van der Waals surface area contributed by atoms with Crippen molar-refractivity contribution in [1.29, 1.82) is 0 Å². The number of para-hydroxylation sites is 1. The Hall–Kier alpha value is -1.86. The maximum atomic E-state index is 11.3. The molecule has 3 nitrogen and oxygen atoms in total. The van der Waals surface area contributed by atoms with E-state index >= 15 is 0 Å². The van der Waals surface area contributed by atoms with Gasteiger partial charge in [-0.3, -0.25) is 4.79 Å². The quantitative estimate of drug-likeness (QED) is 0.649. The lowest BCUT2D eigenvalue weighted by atomic mass is 10.2. The highest BCUT2D eigenvalue weighted by molar-refractivity contribution is 7.18. The number of hydrogen-bond donors (Lipinski definition) is 1. The van der Waals surface area contributed by atoms with E-state index in [2.05, 4.69) is 22.3 Å². The van der Waals surface area contributed by atoms with Crippen molar-refractivity contribution in [2.24, 2.45) is 0 Å². The number of terminal acetylenes is 1. The molecular formula is C15H16N2OS. The van der Waals surface area contributed by atoms with Crippen LogP contribution in [0.1, 0.15) is 24.3 Å². The second-order valence-corrected chi connectivity index (χ2v) is 5.38. The molecule has 0 atom stereocenters. The first-order valence-corrected chi connectivity index (χ1v) is 7.16. The Kier molecular flexibility index (Phi) is 4.93. The zero-order valence-corrected chi connectivity index (χ0v) is 11.5. The lowest BCUT2D eigenvalue weighted by Gasteiger charge is -2.00. The Labute approximate surface area is 117 Å². The van der Waals surface area contributed by atoms with Crippen LogP contribution >= 0.6 is 11.3 Å². The first-order chi connectivity index (χ1) is 9.29. The molecule has 0 fully saturated rings. The van der Waals surface area contributed by atoms with Crippen molar-refractivity contribution < 1.29 is 4.79 Å². The average molecular weight is 272 g/mol. The Balaban J connectivity index is 1.74. The summed E-state index contributed by atoms with van der Waals surface area (Å²) in [5.41, 5.74) is 1.06. The number of aryl methyl sites for hydroxylation is 1. The summed E-state index contributed by atoms with van der Waals surface area (Å²) in [6.45, 7) is 0.316. The average Bonchev–Trinajstić information content (AvgIpc) is 2.84. The first-order valence-electron chi connectivity index (χ1n) is 6.34. The topological polar surface area (TPSA) is 42.0 Å². The van der Waals surface area contributed by atoms with E-state index in [-0.39, 0.29) is 5.91 Å². The summed E-state index contributed by atoms with van der Waals surface area (Å²) in [6, 6.07) is 8.15. The van der Waals surface area contributed by atoms with E-state index < -0.39 is 0 Å². The number of amides is 1. The van der Waals surface area contributed by atoms with Gasteiger partial charge in [0.05, 0.1) is 21.8 Å². The van der Waals surface area contributed by atoms with Gasteiger partial charge in [0.25, 0.3) is 0 Å². The lowest BCUT2D eigenvalue weighted by molar-refractivity contribution is -0.120. The molecule has 0 saturated heterocycles. The van der Waals surface area contributed by atoms with Crippen molar-refractivity contribution in [3.63, 3.8) is 0 Å². The number of benzene rings is 1. The Morgan fingerprint density at radius 2 is 2.21 bits per heavy atom. The maximum absolute atomic E-state index is 11.3. The van der Waals surface area contributed by atoms with E-state index in [1.54, 1.807) is 11.3 Å². The Bertz CT molecular complexity index is 564. The summed E-state index contributed by atoms with van der Waals surface area (Å²) in [5.74, 6) is 2.42. The van der Waals surface area contributed by atoms with E-state index in [0.29, 0.717) is 13.0 Å². The molecule has 98 valence electrons. The van der Waals surface area contributed by atoms with Crippen molar-refractivity contribution in [3.05, 3.63) is 29.3 Å². The van der Waals surface area contributed by atoms with Crippen LogP contribution in [-0.2, 0) is 11.2 Å². The first kappa shape index (κ1) is 13.6. The third kappa shape index (κ3) is 4.08. The summed E-state index contributed by atoms with van der Waals surface area (Å²) in [6.07, 6.45) is 8.38. The zero-order valence-electron chi connectivity index (χ0n) is 10.7. The molecule has 0 aliphatic rings. The van der Waals surface area contributed by atoms with Gasteiger partial charge < -0.3 is 5.32 Å². The van der Waals surface area contributed by atoms with Gasteiger partial charge in [-0.15, -0.1) is 17.8 Å². The van der Waals surface area contributed by atoms with Gasteiger partial charge in [0.15, 0.2) is 0 Å². The van der Waals surface area contributed by atoms with Gasteiger partial charge in [-0.2, -0.15) is 0 Å². The number of thiazole rings is 1. The van der Waals surface area contributed by atoms with E-state index in [1.807, 2.05) is 18.2 Å². The van der Waals surface area contributed by atoms with Crippen LogP contribution in [0.15, 0.2) is 24.3 Å². The van der Waals surface area contributed by atoms with Gasteiger partial charge in [0, 0.05) is 6.42 Å². The molecule has 1 aromatic carbocycles. The third-order valence-electron chi connectivity index (χ3n) is 2.77. The highest BCUT2D eigenvalue weighted by atomic mass is 32.1. The molecule has 1 heterocycles. The van der Waals surface area contributed by atoms with Gasteiger partial charge in [-0.25, -0.2) is 4.98 Å². The third-order valence-corrected chi connectivity index (χ3v) is 3.87. The highest BCUT2D eigenvalue weighted by Gasteiger charge is 2.04. The fraction of sp³-hybridized carbons (Fsp3) is 0.333. The maximum Gasteiger partial charge on any atom is 0.220 e. The molecule has 1 aromatic heterocycles. The van der Waals surface area contributed by atoms with Gasteiger partial charge in [0.2, 0.25) is 5.91 Å². The minimum Gasteiger partial charge on any atom is -0.345 e. The normalized spacial score (nSPS) is 10.3. The van der Waals surface area contributed by atoms with Gasteiger partial charge in [0.1, 0.15) is 0 Å². The highest BCUT2D eigenvalue weighted by Crippen LogP contribution is 2.22. The fourth-order valence-electron chi connectivity index (χ4n) is 1.83. The Morgan fingerprint density at radius 3 is 3.00 bits per heavy atom. The summed E-state index contributed by atoms with van der Waals surface area (Å²) in [5, 5.41) is 3.81. The molecule has 4 heteroatoms. The standard InChI is InChI=1S/C15H16N2OS/c1-2-11-16-14(18)9-5-6-10-15-17-12-7-3-4-8-13(12)19-15/h1,3-4,7-8H,5-6,9-11H2,(H,16,18). The Morgan fingerprint density at radius 1 is 1.37 bits per heavy atom. The van der Waals surface area contributed by atoms with Crippen molar-refractivity contribution in [2.75, 3.05) is 6.54 Å². The minimum atomic E-state index is 0.0299.